The minimum absolute atomic E-state index is 0.0149. The van der Waals surface area contributed by atoms with Crippen molar-refractivity contribution in [1.29, 1.82) is 0 Å². The van der Waals surface area contributed by atoms with Crippen molar-refractivity contribution in [3.63, 3.8) is 0 Å². The van der Waals surface area contributed by atoms with E-state index in [0.29, 0.717) is 9.32 Å². The van der Waals surface area contributed by atoms with Gasteiger partial charge in [-0.3, -0.25) is 10.1 Å². The lowest BCUT2D eigenvalue weighted by molar-refractivity contribution is -0.385. The third-order valence-corrected chi connectivity index (χ3v) is 5.09. The number of benzene rings is 1. The Hall–Kier alpha value is -0.280. The predicted molar refractivity (Wildman–Crippen MR) is 74.7 cm³/mol. The van der Waals surface area contributed by atoms with E-state index in [0.717, 1.165) is 0 Å². The first-order valence-electron chi connectivity index (χ1n) is 4.27. The summed E-state index contributed by atoms with van der Waals surface area (Å²) in [5, 5.41) is 10.6. The average Bonchev–Trinajstić information content (AvgIpc) is 2.28. The molecule has 0 amide bonds. The summed E-state index contributed by atoms with van der Waals surface area (Å²) in [4.78, 5) is 10.2. The molecule has 0 fully saturated rings. The lowest BCUT2D eigenvalue weighted by Gasteiger charge is -2.18. The van der Waals surface area contributed by atoms with Crippen LogP contribution in [0.3, 0.4) is 0 Å². The van der Waals surface area contributed by atoms with Gasteiger partial charge in [0.15, 0.2) is 0 Å². The molecule has 0 saturated carbocycles. The zero-order valence-electron chi connectivity index (χ0n) is 8.95. The van der Waals surface area contributed by atoms with Gasteiger partial charge in [0.1, 0.15) is 5.75 Å². The summed E-state index contributed by atoms with van der Waals surface area (Å²) in [5.74, 6) is 0.382. The van der Waals surface area contributed by atoms with Gasteiger partial charge in [-0.25, -0.2) is 0 Å². The molecule has 1 rings (SSSR count). The van der Waals surface area contributed by atoms with Crippen LogP contribution in [0.15, 0.2) is 18.2 Å². The fraction of sp³-hybridized carbons (Fsp3) is 0.250. The van der Waals surface area contributed by atoms with E-state index in [2.05, 4.69) is 0 Å². The fourth-order valence-corrected chi connectivity index (χ4v) is 2.58. The molecule has 0 aliphatic rings. The van der Waals surface area contributed by atoms with Crippen molar-refractivity contribution in [2.45, 2.75) is 0 Å². The van der Waals surface area contributed by atoms with Gasteiger partial charge in [-0.15, -0.1) is 0 Å². The number of halogens is 1. The smallest absolute Gasteiger partial charge is 0.380 e. The highest BCUT2D eigenvalue weighted by Crippen LogP contribution is 2.48. The van der Waals surface area contributed by atoms with Gasteiger partial charge in [0.25, 0.3) is 5.69 Å². The molecular formula is C8H9INO5PS. The molecule has 9 heteroatoms. The molecule has 94 valence electrons. The van der Waals surface area contributed by atoms with E-state index in [1.54, 1.807) is 0 Å². The molecule has 0 saturated heterocycles. The van der Waals surface area contributed by atoms with Crippen LogP contribution in [0.1, 0.15) is 0 Å². The summed E-state index contributed by atoms with van der Waals surface area (Å²) in [7, 11) is 2.78. The summed E-state index contributed by atoms with van der Waals surface area (Å²) in [6, 6.07) is 4.32. The SMILES string of the molecule is COP(=S)(OC)Oc1ccc([N+](=O)[O-])c(I)c1. The quantitative estimate of drug-likeness (QED) is 0.334. The van der Waals surface area contributed by atoms with Gasteiger partial charge in [0, 0.05) is 38.2 Å². The molecule has 1 aromatic rings. The second kappa shape index (κ2) is 6.05. The van der Waals surface area contributed by atoms with Gasteiger partial charge in [-0.2, -0.15) is 0 Å². The predicted octanol–water partition coefficient (Wildman–Crippen LogP) is 3.10. The van der Waals surface area contributed by atoms with E-state index in [-0.39, 0.29) is 5.69 Å². The van der Waals surface area contributed by atoms with Crippen LogP contribution < -0.4 is 4.52 Å². The van der Waals surface area contributed by atoms with E-state index >= 15 is 0 Å². The Labute approximate surface area is 117 Å². The molecule has 0 heterocycles. The van der Waals surface area contributed by atoms with Crippen molar-refractivity contribution in [3.8, 4) is 5.75 Å². The summed E-state index contributed by atoms with van der Waals surface area (Å²) >= 11 is 6.87. The first-order valence-corrected chi connectivity index (χ1v) is 7.90. The summed E-state index contributed by atoms with van der Waals surface area (Å²) in [5.41, 5.74) is 0.0149. The molecule has 6 nitrogen and oxygen atoms in total. The van der Waals surface area contributed by atoms with Crippen molar-refractivity contribution in [3.05, 3.63) is 31.9 Å². The number of nitro groups is 1. The molecule has 1 aromatic carbocycles. The second-order valence-electron chi connectivity index (χ2n) is 2.77. The highest BCUT2D eigenvalue weighted by Gasteiger charge is 2.20. The highest BCUT2D eigenvalue weighted by molar-refractivity contribution is 14.1. The van der Waals surface area contributed by atoms with Crippen LogP contribution in [-0.4, -0.2) is 19.1 Å². The van der Waals surface area contributed by atoms with Crippen LogP contribution in [0.5, 0.6) is 5.75 Å². The van der Waals surface area contributed by atoms with Crippen molar-refractivity contribution in [2.24, 2.45) is 0 Å². The van der Waals surface area contributed by atoms with Crippen LogP contribution in [0, 0.1) is 13.7 Å². The summed E-state index contributed by atoms with van der Waals surface area (Å²) < 4.78 is 15.7. The lowest BCUT2D eigenvalue weighted by atomic mass is 10.3. The average molecular weight is 389 g/mol. The maximum Gasteiger partial charge on any atom is 0.380 e. The van der Waals surface area contributed by atoms with E-state index in [9.17, 15) is 10.1 Å². The van der Waals surface area contributed by atoms with Gasteiger partial charge in [-0.05, 0) is 28.7 Å². The first-order chi connectivity index (χ1) is 7.91. The number of nitro benzene ring substituents is 1. The van der Waals surface area contributed by atoms with Crippen molar-refractivity contribution >= 4 is 46.8 Å². The van der Waals surface area contributed by atoms with E-state index < -0.39 is 11.6 Å². The van der Waals surface area contributed by atoms with Crippen molar-refractivity contribution in [1.82, 2.24) is 0 Å². The maximum atomic E-state index is 10.6. The molecule has 0 unspecified atom stereocenters. The van der Waals surface area contributed by atoms with Gasteiger partial charge in [-0.1, -0.05) is 0 Å². The molecule has 0 radical (unpaired) electrons. The largest absolute Gasteiger partial charge is 0.424 e. The molecule has 0 spiro atoms. The summed E-state index contributed by atoms with van der Waals surface area (Å²) in [6.07, 6.45) is 0. The van der Waals surface area contributed by atoms with Crippen LogP contribution in [0.4, 0.5) is 5.69 Å². The number of rotatable bonds is 5. The Balaban J connectivity index is 2.99. The maximum absolute atomic E-state index is 10.6. The monoisotopic (exact) mass is 389 g/mol. The Kier molecular flexibility index (Phi) is 5.26. The van der Waals surface area contributed by atoms with E-state index in [4.69, 9.17) is 25.4 Å². The Morgan fingerprint density at radius 2 is 2.00 bits per heavy atom. The topological polar surface area (TPSA) is 70.8 Å². The number of hydrogen-bond acceptors (Lipinski definition) is 6. The van der Waals surface area contributed by atoms with Crippen LogP contribution in [0.2, 0.25) is 0 Å². The zero-order valence-corrected chi connectivity index (χ0v) is 12.8. The normalized spacial score (nSPS) is 11.2. The second-order valence-corrected chi connectivity index (χ2v) is 7.09. The molecule has 0 N–H and O–H groups in total. The molecule has 0 aliphatic heterocycles. The highest BCUT2D eigenvalue weighted by atomic mass is 127. The summed E-state index contributed by atoms with van der Waals surface area (Å²) in [6.45, 7) is -2.80. The number of nitrogens with zero attached hydrogens (tertiary/aromatic N) is 1. The van der Waals surface area contributed by atoms with Gasteiger partial charge >= 0.3 is 6.72 Å². The zero-order chi connectivity index (χ0) is 13.1. The number of hydrogen-bond donors (Lipinski definition) is 0. The Morgan fingerprint density at radius 1 is 1.41 bits per heavy atom. The standard InChI is InChI=1S/C8H9INO5PS/c1-13-16(17,14-2)15-6-3-4-8(10(11)12)7(9)5-6/h3-5H,1-2H3. The van der Waals surface area contributed by atoms with E-state index in [1.807, 2.05) is 22.6 Å². The minimum Gasteiger partial charge on any atom is -0.424 e. The van der Waals surface area contributed by atoms with Gasteiger partial charge in [0.2, 0.25) is 0 Å². The Morgan fingerprint density at radius 3 is 2.41 bits per heavy atom. The fourth-order valence-electron chi connectivity index (χ4n) is 0.971. The van der Waals surface area contributed by atoms with Crippen molar-refractivity contribution < 1.29 is 18.5 Å². The minimum atomic E-state index is -2.80. The lowest BCUT2D eigenvalue weighted by Crippen LogP contribution is -1.98. The molecule has 0 atom stereocenters. The molecule has 17 heavy (non-hydrogen) atoms. The van der Waals surface area contributed by atoms with E-state index in [1.165, 1.54) is 32.4 Å². The third kappa shape index (κ3) is 3.85. The Bertz CT molecular complexity index is 475. The molecule has 0 bridgehead atoms. The van der Waals surface area contributed by atoms with Gasteiger partial charge < -0.3 is 13.6 Å². The van der Waals surface area contributed by atoms with Crippen LogP contribution in [0.25, 0.3) is 0 Å². The van der Waals surface area contributed by atoms with Crippen molar-refractivity contribution in [2.75, 3.05) is 14.2 Å². The molecule has 0 aromatic heterocycles. The van der Waals surface area contributed by atoms with Crippen LogP contribution in [-0.2, 0) is 20.9 Å². The first kappa shape index (κ1) is 14.8. The third-order valence-electron chi connectivity index (χ3n) is 1.78. The van der Waals surface area contributed by atoms with Crippen LogP contribution >= 0.6 is 29.3 Å². The molecular weight excluding hydrogens is 380 g/mol. The molecule has 0 aliphatic carbocycles. The van der Waals surface area contributed by atoms with Gasteiger partial charge in [0.05, 0.1) is 8.49 Å².